The van der Waals surface area contributed by atoms with Gasteiger partial charge in [0.1, 0.15) is 5.82 Å². The highest BCUT2D eigenvalue weighted by atomic mass is 19.1. The van der Waals surface area contributed by atoms with E-state index in [0.717, 1.165) is 24.1 Å². The maximum Gasteiger partial charge on any atom is 0.123 e. The van der Waals surface area contributed by atoms with Crippen molar-refractivity contribution in [3.63, 3.8) is 0 Å². The SMILES string of the molecule is CNCc1cc(F)ccc1N(CCO)C1CCC1. The van der Waals surface area contributed by atoms with Crippen LogP contribution in [0.4, 0.5) is 10.1 Å². The number of aliphatic hydroxyl groups is 1. The summed E-state index contributed by atoms with van der Waals surface area (Å²) in [6.07, 6.45) is 3.57. The number of hydrogen-bond donors (Lipinski definition) is 2. The highest BCUT2D eigenvalue weighted by molar-refractivity contribution is 5.55. The molecule has 1 aliphatic carbocycles. The van der Waals surface area contributed by atoms with Crippen LogP contribution in [0.15, 0.2) is 18.2 Å². The molecule has 0 heterocycles. The number of benzene rings is 1. The van der Waals surface area contributed by atoms with Gasteiger partial charge < -0.3 is 15.3 Å². The molecule has 0 radical (unpaired) electrons. The lowest BCUT2D eigenvalue weighted by atomic mass is 9.90. The van der Waals surface area contributed by atoms with Crippen LogP contribution in [0.3, 0.4) is 0 Å². The first kappa shape index (κ1) is 13.3. The number of halogens is 1. The van der Waals surface area contributed by atoms with Gasteiger partial charge in [0.25, 0.3) is 0 Å². The zero-order valence-electron chi connectivity index (χ0n) is 10.8. The Hall–Kier alpha value is -1.13. The second-order valence-electron chi connectivity index (χ2n) is 4.81. The second-order valence-corrected chi connectivity index (χ2v) is 4.81. The number of nitrogens with one attached hydrogen (secondary N) is 1. The van der Waals surface area contributed by atoms with Gasteiger partial charge in [-0.05, 0) is 50.1 Å². The summed E-state index contributed by atoms with van der Waals surface area (Å²) in [5, 5.41) is 12.3. The fourth-order valence-electron chi connectivity index (χ4n) is 2.47. The van der Waals surface area contributed by atoms with Gasteiger partial charge in [-0.15, -0.1) is 0 Å². The lowest BCUT2D eigenvalue weighted by Crippen LogP contribution is -2.42. The molecule has 1 aromatic carbocycles. The Kier molecular flexibility index (Phi) is 4.55. The number of nitrogens with zero attached hydrogens (tertiary/aromatic N) is 1. The molecule has 0 saturated heterocycles. The molecule has 0 aromatic heterocycles. The first-order chi connectivity index (χ1) is 8.76. The third-order valence-electron chi connectivity index (χ3n) is 3.57. The lowest BCUT2D eigenvalue weighted by molar-refractivity contribution is 0.283. The van der Waals surface area contributed by atoms with Crippen molar-refractivity contribution in [1.82, 2.24) is 5.32 Å². The monoisotopic (exact) mass is 252 g/mol. The number of aliphatic hydroxyl groups excluding tert-OH is 1. The van der Waals surface area contributed by atoms with Crippen LogP contribution in [-0.2, 0) is 6.54 Å². The molecule has 1 aromatic rings. The van der Waals surface area contributed by atoms with Gasteiger partial charge >= 0.3 is 0 Å². The zero-order chi connectivity index (χ0) is 13.0. The van der Waals surface area contributed by atoms with Crippen LogP contribution >= 0.6 is 0 Å². The molecule has 0 spiro atoms. The molecule has 0 atom stereocenters. The fraction of sp³-hybridized carbons (Fsp3) is 0.571. The summed E-state index contributed by atoms with van der Waals surface area (Å²) in [5.74, 6) is -0.207. The van der Waals surface area contributed by atoms with Crippen LogP contribution in [0.2, 0.25) is 0 Å². The average Bonchev–Trinajstić information content (AvgIpc) is 2.27. The van der Waals surface area contributed by atoms with Gasteiger partial charge in [0, 0.05) is 24.8 Å². The lowest BCUT2D eigenvalue weighted by Gasteiger charge is -2.40. The van der Waals surface area contributed by atoms with E-state index in [2.05, 4.69) is 10.2 Å². The maximum absolute atomic E-state index is 13.3. The molecule has 18 heavy (non-hydrogen) atoms. The van der Waals surface area contributed by atoms with Crippen LogP contribution in [0.5, 0.6) is 0 Å². The Morgan fingerprint density at radius 3 is 2.78 bits per heavy atom. The second kappa shape index (κ2) is 6.16. The number of rotatable bonds is 6. The molecule has 1 aliphatic rings. The zero-order valence-corrected chi connectivity index (χ0v) is 10.8. The van der Waals surface area contributed by atoms with E-state index in [1.165, 1.54) is 12.5 Å². The van der Waals surface area contributed by atoms with E-state index in [1.807, 2.05) is 13.1 Å². The summed E-state index contributed by atoms with van der Waals surface area (Å²) in [5.41, 5.74) is 2.00. The van der Waals surface area contributed by atoms with Gasteiger partial charge in [-0.1, -0.05) is 0 Å². The van der Waals surface area contributed by atoms with Crippen molar-refractivity contribution >= 4 is 5.69 Å². The van der Waals surface area contributed by atoms with Gasteiger partial charge in [-0.3, -0.25) is 0 Å². The number of anilines is 1. The van der Waals surface area contributed by atoms with Crippen LogP contribution < -0.4 is 10.2 Å². The number of hydrogen-bond acceptors (Lipinski definition) is 3. The van der Waals surface area contributed by atoms with Crippen molar-refractivity contribution < 1.29 is 9.50 Å². The van der Waals surface area contributed by atoms with E-state index in [0.29, 0.717) is 19.1 Å². The van der Waals surface area contributed by atoms with Crippen molar-refractivity contribution in [2.75, 3.05) is 25.1 Å². The molecule has 1 fully saturated rings. The highest BCUT2D eigenvalue weighted by Crippen LogP contribution is 2.31. The van der Waals surface area contributed by atoms with Crippen molar-refractivity contribution in [3.05, 3.63) is 29.6 Å². The molecule has 4 heteroatoms. The predicted molar refractivity (Wildman–Crippen MR) is 71.2 cm³/mol. The van der Waals surface area contributed by atoms with Gasteiger partial charge in [0.2, 0.25) is 0 Å². The molecule has 2 N–H and O–H groups in total. The van der Waals surface area contributed by atoms with Crippen molar-refractivity contribution in [1.29, 1.82) is 0 Å². The third kappa shape index (κ3) is 2.82. The summed E-state index contributed by atoms with van der Waals surface area (Å²) in [6, 6.07) is 5.40. The first-order valence-corrected chi connectivity index (χ1v) is 6.56. The van der Waals surface area contributed by atoms with Gasteiger partial charge in [0.15, 0.2) is 0 Å². The van der Waals surface area contributed by atoms with Crippen LogP contribution in [-0.4, -0.2) is 31.3 Å². The molecule has 2 rings (SSSR count). The molecule has 0 amide bonds. The Morgan fingerprint density at radius 1 is 1.44 bits per heavy atom. The molecular formula is C14H21FN2O. The molecule has 100 valence electrons. The Bertz CT molecular complexity index is 393. The summed E-state index contributed by atoms with van der Waals surface area (Å²) in [6.45, 7) is 1.39. The largest absolute Gasteiger partial charge is 0.395 e. The van der Waals surface area contributed by atoms with Crippen LogP contribution in [0.1, 0.15) is 24.8 Å². The van der Waals surface area contributed by atoms with E-state index < -0.39 is 0 Å². The summed E-state index contributed by atoms with van der Waals surface area (Å²) < 4.78 is 13.3. The minimum atomic E-state index is -0.207. The van der Waals surface area contributed by atoms with E-state index in [-0.39, 0.29) is 12.4 Å². The standard InChI is InChI=1S/C14H21FN2O/c1-16-10-11-9-12(15)5-6-14(11)17(7-8-18)13-3-2-4-13/h5-6,9,13,16,18H,2-4,7-8,10H2,1H3. The minimum Gasteiger partial charge on any atom is -0.395 e. The highest BCUT2D eigenvalue weighted by Gasteiger charge is 2.26. The first-order valence-electron chi connectivity index (χ1n) is 6.56. The van der Waals surface area contributed by atoms with E-state index >= 15 is 0 Å². The average molecular weight is 252 g/mol. The smallest absolute Gasteiger partial charge is 0.123 e. The molecule has 0 unspecified atom stereocenters. The maximum atomic E-state index is 13.3. The predicted octanol–water partition coefficient (Wildman–Crippen LogP) is 1.90. The normalized spacial score (nSPS) is 15.5. The molecular weight excluding hydrogens is 231 g/mol. The fourth-order valence-corrected chi connectivity index (χ4v) is 2.47. The molecule has 0 aliphatic heterocycles. The summed E-state index contributed by atoms with van der Waals surface area (Å²) >= 11 is 0. The Balaban J connectivity index is 2.26. The summed E-state index contributed by atoms with van der Waals surface area (Å²) in [4.78, 5) is 2.22. The van der Waals surface area contributed by atoms with E-state index in [9.17, 15) is 9.50 Å². The summed E-state index contributed by atoms with van der Waals surface area (Å²) in [7, 11) is 1.86. The van der Waals surface area contributed by atoms with Crippen LogP contribution in [0, 0.1) is 5.82 Å². The molecule has 0 bridgehead atoms. The van der Waals surface area contributed by atoms with Crippen LogP contribution in [0.25, 0.3) is 0 Å². The van der Waals surface area contributed by atoms with Gasteiger partial charge in [0.05, 0.1) is 6.61 Å². The van der Waals surface area contributed by atoms with Gasteiger partial charge in [-0.25, -0.2) is 4.39 Å². The Labute approximate surface area is 108 Å². The van der Waals surface area contributed by atoms with Crippen molar-refractivity contribution in [3.8, 4) is 0 Å². The topological polar surface area (TPSA) is 35.5 Å². The van der Waals surface area contributed by atoms with Crippen molar-refractivity contribution in [2.45, 2.75) is 31.8 Å². The Morgan fingerprint density at radius 2 is 2.22 bits per heavy atom. The van der Waals surface area contributed by atoms with Gasteiger partial charge in [-0.2, -0.15) is 0 Å². The molecule has 1 saturated carbocycles. The molecule has 3 nitrogen and oxygen atoms in total. The third-order valence-corrected chi connectivity index (χ3v) is 3.57. The quantitative estimate of drug-likeness (QED) is 0.811. The van der Waals surface area contributed by atoms with E-state index in [1.54, 1.807) is 6.07 Å². The van der Waals surface area contributed by atoms with Crippen molar-refractivity contribution in [2.24, 2.45) is 0 Å². The van der Waals surface area contributed by atoms with E-state index in [4.69, 9.17) is 0 Å². The minimum absolute atomic E-state index is 0.132.